The van der Waals surface area contributed by atoms with Gasteiger partial charge < -0.3 is 9.80 Å². The highest BCUT2D eigenvalue weighted by Crippen LogP contribution is 2.45. The van der Waals surface area contributed by atoms with Crippen LogP contribution in [0.2, 0.25) is 0 Å². The lowest BCUT2D eigenvalue weighted by Gasteiger charge is -2.26. The Kier molecular flexibility index (Phi) is 4.18. The van der Waals surface area contributed by atoms with Crippen LogP contribution in [0.3, 0.4) is 0 Å². The zero-order valence-electron chi connectivity index (χ0n) is 49.1. The Bertz CT molecular complexity index is 3910. The topological polar surface area (TPSA) is 6.48 Å². The molecule has 11 aromatic rings. The van der Waals surface area contributed by atoms with Gasteiger partial charge in [-0.2, -0.15) is 0 Å². The molecule has 11 rings (SSSR count). The number of anilines is 6. The molecule has 2 nitrogen and oxygen atoms in total. The van der Waals surface area contributed by atoms with Gasteiger partial charge in [-0.15, -0.1) is 0 Å². The average Bonchev–Trinajstić information content (AvgIpc) is 3.49. The zero-order valence-corrected chi connectivity index (χ0v) is 29.1. The molecule has 0 saturated carbocycles. The van der Waals surface area contributed by atoms with Crippen LogP contribution < -0.4 is 9.80 Å². The summed E-state index contributed by atoms with van der Waals surface area (Å²) >= 11 is 0. The number of fused-ring (bicyclic) bond motifs is 12. The highest BCUT2D eigenvalue weighted by molar-refractivity contribution is 6.33. The minimum atomic E-state index is -0.686. The third kappa shape index (κ3) is 5.19. The van der Waals surface area contributed by atoms with Gasteiger partial charge in [0, 0.05) is 34.1 Å². The SMILES string of the molecule is [2H]c1c([2H])c([2H])c(N(c2ccc3c(c2)c2ccccc2c2cc4c5ccc(N(c6c([2H])c([2H])c([2H])c([2H])c6[2H])c6c([2H])c([2H])c([2H])c([2H])c6[2H])cc5c5ccccc5c4cc32)c2c([2H])c([2H])c([2H])c([2H])c2[2H])c([2H])c1[2H]. The van der Waals surface area contributed by atoms with Crippen molar-refractivity contribution in [2.24, 2.45) is 0 Å². The van der Waals surface area contributed by atoms with Crippen molar-refractivity contribution in [3.05, 3.63) is 218 Å². The van der Waals surface area contributed by atoms with Crippen LogP contribution >= 0.6 is 0 Å². The minimum Gasteiger partial charge on any atom is -0.310 e. The van der Waals surface area contributed by atoms with Crippen molar-refractivity contribution >= 4 is 98.8 Å². The van der Waals surface area contributed by atoms with Crippen molar-refractivity contribution in [2.45, 2.75) is 0 Å². The molecule has 0 unspecified atom stereocenters. The number of para-hydroxylation sites is 4. The third-order valence-electron chi connectivity index (χ3n) is 10.1. The lowest BCUT2D eigenvalue weighted by atomic mass is 9.88. The molecule has 262 valence electrons. The van der Waals surface area contributed by atoms with Gasteiger partial charge in [-0.3, -0.25) is 0 Å². The Labute approximate surface area is 353 Å². The molecule has 0 spiro atoms. The van der Waals surface area contributed by atoms with E-state index in [1.54, 1.807) is 36.4 Å². The lowest BCUT2D eigenvalue weighted by Crippen LogP contribution is -2.09. The summed E-state index contributed by atoms with van der Waals surface area (Å²) in [6.45, 7) is 0. The number of benzene rings is 11. The molecule has 0 saturated heterocycles. The lowest BCUT2D eigenvalue weighted by molar-refractivity contribution is 1.29. The van der Waals surface area contributed by atoms with Crippen molar-refractivity contribution in [1.29, 1.82) is 0 Å². The summed E-state index contributed by atoms with van der Waals surface area (Å²) in [4.78, 5) is 2.26. The summed E-state index contributed by atoms with van der Waals surface area (Å²) in [7, 11) is 0. The van der Waals surface area contributed by atoms with Crippen molar-refractivity contribution in [3.63, 3.8) is 0 Å². The predicted octanol–water partition coefficient (Wildman–Crippen LogP) is 15.5. The first-order valence-corrected chi connectivity index (χ1v) is 17.6. The van der Waals surface area contributed by atoms with Gasteiger partial charge in [-0.25, -0.2) is 0 Å². The molecule has 0 heterocycles. The van der Waals surface area contributed by atoms with E-state index in [2.05, 4.69) is 0 Å². The largest absolute Gasteiger partial charge is 0.310 e. The van der Waals surface area contributed by atoms with E-state index in [4.69, 9.17) is 27.4 Å². The van der Waals surface area contributed by atoms with Crippen LogP contribution in [0.15, 0.2) is 218 Å². The number of hydrogen-bond donors (Lipinski definition) is 0. The molecule has 0 aliphatic rings. The summed E-state index contributed by atoms with van der Waals surface area (Å²) < 4.78 is 174. The van der Waals surface area contributed by atoms with Crippen LogP contribution in [0.25, 0.3) is 64.6 Å². The van der Waals surface area contributed by atoms with Crippen molar-refractivity contribution < 1.29 is 27.4 Å². The second kappa shape index (κ2) is 13.2. The van der Waals surface area contributed by atoms with Gasteiger partial charge in [0.25, 0.3) is 0 Å². The Hall–Kier alpha value is -7.42. The molecule has 56 heavy (non-hydrogen) atoms. The van der Waals surface area contributed by atoms with Crippen LogP contribution in [-0.4, -0.2) is 0 Å². The van der Waals surface area contributed by atoms with E-state index in [9.17, 15) is 0 Å². The molecule has 0 aliphatic carbocycles. The van der Waals surface area contributed by atoms with E-state index in [1.165, 1.54) is 0 Å². The van der Waals surface area contributed by atoms with E-state index in [0.29, 0.717) is 32.3 Å². The molecule has 0 N–H and O–H groups in total. The van der Waals surface area contributed by atoms with E-state index in [0.717, 1.165) is 42.1 Å². The normalized spacial score (nSPS) is 16.6. The first-order chi connectivity index (χ1) is 36.1. The fourth-order valence-electron chi connectivity index (χ4n) is 7.82. The highest BCUT2D eigenvalue weighted by Gasteiger charge is 2.19. The van der Waals surface area contributed by atoms with Crippen molar-refractivity contribution in [2.75, 3.05) is 9.80 Å². The van der Waals surface area contributed by atoms with Gasteiger partial charge in [0.15, 0.2) is 0 Å². The van der Waals surface area contributed by atoms with Gasteiger partial charge in [-0.1, -0.05) is 133 Å². The maximum absolute atomic E-state index is 9.01. The third-order valence-corrected chi connectivity index (χ3v) is 10.1. The van der Waals surface area contributed by atoms with Crippen LogP contribution in [0, 0.1) is 0 Å². The van der Waals surface area contributed by atoms with E-state index in [1.807, 2.05) is 60.7 Å². The molecule has 0 atom stereocenters. The Morgan fingerprint density at radius 3 is 0.768 bits per heavy atom. The zero-order chi connectivity index (χ0) is 54.4. The number of nitrogens with zero attached hydrogens (tertiary/aromatic N) is 2. The van der Waals surface area contributed by atoms with Crippen LogP contribution in [0.5, 0.6) is 0 Å². The molecule has 2 heteroatoms. The molecule has 11 aromatic carbocycles. The summed E-state index contributed by atoms with van der Waals surface area (Å²) in [6, 6.07) is 15.9. The number of hydrogen-bond acceptors (Lipinski definition) is 2. The molecule has 0 aromatic heterocycles. The molecule has 0 bridgehead atoms. The standard InChI is InChI=1S/C54H36N2/c1-5-17-37(18-6-1)55(38-19-7-2-8-20-38)41-29-31-47-49(33-41)43-25-13-15-27-45(43)51-36-54-48-32-30-42(56(39-21-9-3-10-22-39)40-23-11-4-12-24-40)34-50(48)44-26-14-16-28-46(44)52(54)35-53(47)51/h1-36H/i1D,2D,3D,4D,5D,6D,7D,8D,9D,10D,11D,12D,17D,18D,19D,20D,21D,22D,23D,24D. The Balaban J connectivity index is 1.21. The van der Waals surface area contributed by atoms with Crippen LogP contribution in [-0.2, 0) is 0 Å². The van der Waals surface area contributed by atoms with Crippen molar-refractivity contribution in [3.8, 4) is 0 Å². The van der Waals surface area contributed by atoms with Gasteiger partial charge in [0.1, 0.15) is 0 Å². The second-order valence-corrected chi connectivity index (χ2v) is 13.1. The fraction of sp³-hybridized carbons (Fsp3) is 0. The van der Waals surface area contributed by atoms with E-state index in [-0.39, 0.29) is 11.4 Å². The molecule has 0 radical (unpaired) electrons. The first kappa shape index (κ1) is 17.8. The Morgan fingerprint density at radius 1 is 0.232 bits per heavy atom. The summed E-state index contributed by atoms with van der Waals surface area (Å²) in [5.41, 5.74) is -1.42. The van der Waals surface area contributed by atoms with Crippen LogP contribution in [0.1, 0.15) is 27.4 Å². The van der Waals surface area contributed by atoms with Gasteiger partial charge in [0.05, 0.1) is 27.4 Å². The van der Waals surface area contributed by atoms with Gasteiger partial charge >= 0.3 is 0 Å². The molecular formula is C54H36N2. The summed E-state index contributed by atoms with van der Waals surface area (Å²) in [6.07, 6.45) is 0. The Morgan fingerprint density at radius 2 is 0.482 bits per heavy atom. The quantitative estimate of drug-likeness (QED) is 0.124. The fourth-order valence-corrected chi connectivity index (χ4v) is 7.82. The smallest absolute Gasteiger partial charge is 0.0645 e. The van der Waals surface area contributed by atoms with E-state index < -0.39 is 144 Å². The average molecular weight is 733 g/mol. The van der Waals surface area contributed by atoms with E-state index >= 15 is 0 Å². The molecule has 0 aliphatic heterocycles. The van der Waals surface area contributed by atoms with Crippen LogP contribution in [0.4, 0.5) is 34.1 Å². The minimum absolute atomic E-state index is 0.142. The predicted molar refractivity (Wildman–Crippen MR) is 241 cm³/mol. The molecule has 0 fully saturated rings. The first-order valence-electron chi connectivity index (χ1n) is 27.6. The summed E-state index contributed by atoms with van der Waals surface area (Å²) in [5.74, 6) is 0. The molecule has 0 amide bonds. The summed E-state index contributed by atoms with van der Waals surface area (Å²) in [5, 5.41) is 8.82. The maximum Gasteiger partial charge on any atom is 0.0645 e. The monoisotopic (exact) mass is 732 g/mol. The maximum atomic E-state index is 9.01. The second-order valence-electron chi connectivity index (χ2n) is 13.1. The van der Waals surface area contributed by atoms with Crippen molar-refractivity contribution in [1.82, 2.24) is 0 Å². The number of rotatable bonds is 6. The van der Waals surface area contributed by atoms with Gasteiger partial charge in [-0.05, 0) is 149 Å². The highest BCUT2D eigenvalue weighted by atomic mass is 15.1. The van der Waals surface area contributed by atoms with Gasteiger partial charge in [0.2, 0.25) is 0 Å². The molecular weight excluding hydrogens is 677 g/mol.